The van der Waals surface area contributed by atoms with Gasteiger partial charge in [0.2, 0.25) is 0 Å². The van der Waals surface area contributed by atoms with Gasteiger partial charge in [-0.3, -0.25) is 14.6 Å². The predicted octanol–water partition coefficient (Wildman–Crippen LogP) is 6.01. The Hall–Kier alpha value is -4.03. The van der Waals surface area contributed by atoms with E-state index in [4.69, 9.17) is 9.84 Å². The van der Waals surface area contributed by atoms with Gasteiger partial charge in [-0.15, -0.1) is 0 Å². The molecule has 0 fully saturated rings. The molecule has 0 saturated carbocycles. The zero-order chi connectivity index (χ0) is 25.0. The highest BCUT2D eigenvalue weighted by Crippen LogP contribution is 2.40. The van der Waals surface area contributed by atoms with Gasteiger partial charge >= 0.3 is 0 Å². The van der Waals surface area contributed by atoms with Gasteiger partial charge in [-0.25, -0.2) is 0 Å². The third-order valence-electron chi connectivity index (χ3n) is 6.98. The molecule has 6 heteroatoms. The number of ether oxygens (including phenoxy) is 1. The minimum atomic E-state index is 0.672. The molecule has 6 rings (SSSR count). The van der Waals surface area contributed by atoms with Gasteiger partial charge in [-0.05, 0) is 67.8 Å². The van der Waals surface area contributed by atoms with Crippen LogP contribution in [-0.2, 0) is 19.5 Å². The topological polar surface area (TPSA) is 56.1 Å². The molecule has 0 radical (unpaired) electrons. The van der Waals surface area contributed by atoms with E-state index >= 15 is 0 Å². The number of pyridine rings is 2. The fraction of sp³-hybridized carbons (Fsp3) is 0.258. The van der Waals surface area contributed by atoms with Crippen LogP contribution in [0.5, 0.6) is 5.75 Å². The van der Waals surface area contributed by atoms with Crippen molar-refractivity contribution < 1.29 is 4.74 Å². The third-order valence-corrected chi connectivity index (χ3v) is 6.98. The van der Waals surface area contributed by atoms with E-state index in [9.17, 15) is 0 Å². The van der Waals surface area contributed by atoms with Crippen molar-refractivity contribution in [2.75, 3.05) is 20.2 Å². The van der Waals surface area contributed by atoms with Crippen LogP contribution in [0.3, 0.4) is 0 Å². The SMILES string of the molecule is CN(CCCOc1ccc2c(-c3c(-c4ccccn4)nn4c3CCC4)ccnc2c1)Cc1ccccc1. The fourth-order valence-electron chi connectivity index (χ4n) is 5.23. The number of hydrogen-bond donors (Lipinski definition) is 0. The molecule has 0 atom stereocenters. The number of fused-ring (bicyclic) bond motifs is 2. The van der Waals surface area contributed by atoms with E-state index in [2.05, 4.69) is 81.2 Å². The lowest BCUT2D eigenvalue weighted by molar-refractivity contribution is 0.259. The van der Waals surface area contributed by atoms with Crippen LogP contribution in [0.1, 0.15) is 24.1 Å². The number of rotatable bonds is 9. The predicted molar refractivity (Wildman–Crippen MR) is 147 cm³/mol. The van der Waals surface area contributed by atoms with Crippen molar-refractivity contribution in [3.63, 3.8) is 0 Å². The molecule has 3 aromatic heterocycles. The largest absolute Gasteiger partial charge is 0.493 e. The van der Waals surface area contributed by atoms with Gasteiger partial charge in [0.05, 0.1) is 17.8 Å². The molecule has 6 nitrogen and oxygen atoms in total. The Bertz CT molecular complexity index is 1500. The first-order valence-electron chi connectivity index (χ1n) is 13.0. The highest BCUT2D eigenvalue weighted by Gasteiger charge is 2.25. The summed E-state index contributed by atoms with van der Waals surface area (Å²) in [5.41, 5.74) is 7.73. The first kappa shape index (κ1) is 23.4. The lowest BCUT2D eigenvalue weighted by Crippen LogP contribution is -2.20. The smallest absolute Gasteiger partial charge is 0.121 e. The van der Waals surface area contributed by atoms with Crippen LogP contribution < -0.4 is 4.74 Å². The van der Waals surface area contributed by atoms with E-state index in [1.54, 1.807) is 0 Å². The number of nitrogens with zero attached hydrogens (tertiary/aromatic N) is 5. The minimum Gasteiger partial charge on any atom is -0.493 e. The summed E-state index contributed by atoms with van der Waals surface area (Å²) in [5.74, 6) is 0.855. The van der Waals surface area contributed by atoms with Crippen molar-refractivity contribution in [1.82, 2.24) is 24.6 Å². The van der Waals surface area contributed by atoms with Gasteiger partial charge in [-0.1, -0.05) is 36.4 Å². The van der Waals surface area contributed by atoms with Crippen LogP contribution >= 0.6 is 0 Å². The zero-order valence-electron chi connectivity index (χ0n) is 21.2. The lowest BCUT2D eigenvalue weighted by Gasteiger charge is -2.17. The number of hydrogen-bond acceptors (Lipinski definition) is 5. The average Bonchev–Trinajstić information content (AvgIpc) is 3.53. The molecular weight excluding hydrogens is 458 g/mol. The van der Waals surface area contributed by atoms with Crippen molar-refractivity contribution in [3.8, 4) is 28.3 Å². The van der Waals surface area contributed by atoms with Gasteiger partial charge in [0.15, 0.2) is 0 Å². The summed E-state index contributed by atoms with van der Waals surface area (Å²) >= 11 is 0. The Morgan fingerprint density at radius 3 is 2.70 bits per heavy atom. The monoisotopic (exact) mass is 489 g/mol. The third kappa shape index (κ3) is 4.98. The summed E-state index contributed by atoms with van der Waals surface area (Å²) in [6.07, 6.45) is 6.83. The molecule has 0 saturated heterocycles. The van der Waals surface area contributed by atoms with Crippen LogP contribution in [-0.4, -0.2) is 44.8 Å². The number of aryl methyl sites for hydroxylation is 1. The molecule has 0 spiro atoms. The molecule has 2 aromatic carbocycles. The molecule has 0 unspecified atom stereocenters. The summed E-state index contributed by atoms with van der Waals surface area (Å²) < 4.78 is 8.27. The molecule has 5 aromatic rings. The van der Waals surface area contributed by atoms with Crippen molar-refractivity contribution in [1.29, 1.82) is 0 Å². The van der Waals surface area contributed by atoms with Crippen LogP contribution in [0.2, 0.25) is 0 Å². The lowest BCUT2D eigenvalue weighted by atomic mass is 9.96. The highest BCUT2D eigenvalue weighted by molar-refractivity contribution is 5.99. The maximum absolute atomic E-state index is 6.12. The number of benzene rings is 2. The Labute approximate surface area is 217 Å². The molecule has 0 N–H and O–H groups in total. The van der Waals surface area contributed by atoms with E-state index < -0.39 is 0 Å². The second kappa shape index (κ2) is 10.5. The molecule has 0 bridgehead atoms. The molecule has 0 aliphatic carbocycles. The molecule has 186 valence electrons. The summed E-state index contributed by atoms with van der Waals surface area (Å²) in [5, 5.41) is 6.07. The molecule has 0 amide bonds. The summed E-state index contributed by atoms with van der Waals surface area (Å²) in [4.78, 5) is 11.6. The van der Waals surface area contributed by atoms with E-state index in [1.807, 2.05) is 30.6 Å². The number of aromatic nitrogens is 4. The maximum Gasteiger partial charge on any atom is 0.121 e. The van der Waals surface area contributed by atoms with E-state index in [-0.39, 0.29) is 0 Å². The van der Waals surface area contributed by atoms with Crippen LogP contribution in [0.25, 0.3) is 33.4 Å². The Morgan fingerprint density at radius 1 is 0.946 bits per heavy atom. The Morgan fingerprint density at radius 2 is 1.84 bits per heavy atom. The van der Waals surface area contributed by atoms with Crippen molar-refractivity contribution in [3.05, 3.63) is 96.4 Å². The summed E-state index contributed by atoms with van der Waals surface area (Å²) in [7, 11) is 2.15. The second-order valence-corrected chi connectivity index (χ2v) is 9.67. The summed E-state index contributed by atoms with van der Waals surface area (Å²) in [6.45, 7) is 3.55. The molecule has 4 heterocycles. The van der Waals surface area contributed by atoms with E-state index in [1.165, 1.54) is 16.8 Å². The molecule has 37 heavy (non-hydrogen) atoms. The van der Waals surface area contributed by atoms with Crippen LogP contribution in [0.15, 0.2) is 85.2 Å². The molecular formula is C31H31N5O. The minimum absolute atomic E-state index is 0.672. The Kier molecular flexibility index (Phi) is 6.65. The van der Waals surface area contributed by atoms with Crippen LogP contribution in [0, 0.1) is 0 Å². The second-order valence-electron chi connectivity index (χ2n) is 9.67. The molecule has 1 aliphatic rings. The van der Waals surface area contributed by atoms with Gasteiger partial charge < -0.3 is 9.64 Å². The quantitative estimate of drug-likeness (QED) is 0.238. The van der Waals surface area contributed by atoms with Crippen molar-refractivity contribution >= 4 is 10.9 Å². The normalized spacial score (nSPS) is 12.8. The summed E-state index contributed by atoms with van der Waals surface area (Å²) in [6, 6.07) is 24.9. The maximum atomic E-state index is 6.12. The zero-order valence-corrected chi connectivity index (χ0v) is 21.2. The fourth-order valence-corrected chi connectivity index (χ4v) is 5.23. The standard InChI is InChI=1S/C31H31N5O/c1-35(22-23-9-3-2-4-10-23)18-8-20-37-24-13-14-25-26(15-17-33-28(25)21-24)30-29-12-7-19-36(29)34-31(30)27-11-5-6-16-32-27/h2-6,9-11,13-17,21H,7-8,12,18-20,22H2,1H3. The van der Waals surface area contributed by atoms with Crippen molar-refractivity contribution in [2.24, 2.45) is 0 Å². The Balaban J connectivity index is 1.19. The van der Waals surface area contributed by atoms with Gasteiger partial charge in [0, 0.05) is 54.7 Å². The van der Waals surface area contributed by atoms with Crippen molar-refractivity contribution in [2.45, 2.75) is 32.4 Å². The van der Waals surface area contributed by atoms with E-state index in [0.717, 1.165) is 72.5 Å². The van der Waals surface area contributed by atoms with Gasteiger partial charge in [-0.2, -0.15) is 5.10 Å². The van der Waals surface area contributed by atoms with Gasteiger partial charge in [0.25, 0.3) is 0 Å². The first-order chi connectivity index (χ1) is 18.3. The molecule has 1 aliphatic heterocycles. The van der Waals surface area contributed by atoms with E-state index in [0.29, 0.717) is 6.61 Å². The van der Waals surface area contributed by atoms with Gasteiger partial charge in [0.1, 0.15) is 11.4 Å². The average molecular weight is 490 g/mol. The first-order valence-corrected chi connectivity index (χ1v) is 13.0. The highest BCUT2D eigenvalue weighted by atomic mass is 16.5. The van der Waals surface area contributed by atoms with Crippen LogP contribution in [0.4, 0.5) is 0 Å².